The summed E-state index contributed by atoms with van der Waals surface area (Å²) in [7, 11) is 0. The van der Waals surface area contributed by atoms with Gasteiger partial charge in [0.2, 0.25) is 17.7 Å². The summed E-state index contributed by atoms with van der Waals surface area (Å²) < 4.78 is 0. The Kier molecular flexibility index (Phi) is 15.1. The Hall–Kier alpha value is -2.42. The maximum atomic E-state index is 13.6. The van der Waals surface area contributed by atoms with Gasteiger partial charge in [-0.05, 0) is 62.1 Å². The number of hydroxylamine groups is 1. The van der Waals surface area contributed by atoms with Gasteiger partial charge in [0.15, 0.2) is 0 Å². The third-order valence-electron chi connectivity index (χ3n) is 6.51. The molecular formula is C28H45ClN4O4. The Morgan fingerprint density at radius 3 is 2.24 bits per heavy atom. The molecule has 9 heteroatoms. The first-order valence-corrected chi connectivity index (χ1v) is 13.2. The van der Waals surface area contributed by atoms with Crippen LogP contribution < -0.4 is 16.2 Å². The Morgan fingerprint density at radius 1 is 1.03 bits per heavy atom. The van der Waals surface area contributed by atoms with Crippen LogP contribution in [-0.2, 0) is 14.4 Å². The maximum absolute atomic E-state index is 13.6. The van der Waals surface area contributed by atoms with Gasteiger partial charge in [0.05, 0.1) is 11.8 Å². The SMILES string of the molecule is CC(C)C[C@@H](C(=O)NN(CC(C)C)C(=O)CC1CCNCC1)[C@H](C/C=C/c1ccccc1)C(=O)NO.Cl. The van der Waals surface area contributed by atoms with E-state index in [1.807, 2.05) is 70.2 Å². The molecule has 0 spiro atoms. The van der Waals surface area contributed by atoms with Crippen molar-refractivity contribution in [3.63, 3.8) is 0 Å². The number of amides is 3. The van der Waals surface area contributed by atoms with E-state index in [1.54, 1.807) is 5.48 Å². The minimum Gasteiger partial charge on any atom is -0.317 e. The van der Waals surface area contributed by atoms with Crippen LogP contribution in [0.3, 0.4) is 0 Å². The van der Waals surface area contributed by atoms with Crippen molar-refractivity contribution >= 4 is 36.2 Å². The Bertz CT molecular complexity index is 857. The van der Waals surface area contributed by atoms with Crippen molar-refractivity contribution in [3.05, 3.63) is 42.0 Å². The minimum atomic E-state index is -0.780. The summed E-state index contributed by atoms with van der Waals surface area (Å²) in [5.74, 6) is -1.97. The molecule has 2 atom stereocenters. The number of hydrogen-bond donors (Lipinski definition) is 4. The lowest BCUT2D eigenvalue weighted by molar-refractivity contribution is -0.148. The second-order valence-electron chi connectivity index (χ2n) is 10.6. The number of benzene rings is 1. The minimum absolute atomic E-state index is 0. The van der Waals surface area contributed by atoms with Gasteiger partial charge < -0.3 is 5.32 Å². The van der Waals surface area contributed by atoms with Gasteiger partial charge >= 0.3 is 0 Å². The van der Waals surface area contributed by atoms with Crippen molar-refractivity contribution in [2.24, 2.45) is 29.6 Å². The maximum Gasteiger partial charge on any atom is 0.247 e. The molecule has 1 heterocycles. The number of nitrogens with one attached hydrogen (secondary N) is 3. The summed E-state index contributed by atoms with van der Waals surface area (Å²) >= 11 is 0. The summed E-state index contributed by atoms with van der Waals surface area (Å²) in [4.78, 5) is 39.4. The van der Waals surface area contributed by atoms with E-state index in [0.717, 1.165) is 31.5 Å². The molecule has 1 aliphatic heterocycles. The Labute approximate surface area is 228 Å². The number of piperidine rings is 1. The first-order valence-electron chi connectivity index (χ1n) is 13.2. The predicted octanol–water partition coefficient (Wildman–Crippen LogP) is 4.20. The number of hydrazine groups is 1. The lowest BCUT2D eigenvalue weighted by atomic mass is 9.82. The fraction of sp³-hybridized carbons (Fsp3) is 0.607. The van der Waals surface area contributed by atoms with Crippen LogP contribution in [0.25, 0.3) is 6.08 Å². The van der Waals surface area contributed by atoms with Crippen LogP contribution in [0.4, 0.5) is 0 Å². The van der Waals surface area contributed by atoms with Gasteiger partial charge in [0.1, 0.15) is 0 Å². The highest BCUT2D eigenvalue weighted by Gasteiger charge is 2.35. The summed E-state index contributed by atoms with van der Waals surface area (Å²) in [5, 5.41) is 14.2. The van der Waals surface area contributed by atoms with Gasteiger partial charge in [-0.3, -0.25) is 30.0 Å². The highest BCUT2D eigenvalue weighted by Crippen LogP contribution is 2.26. The molecule has 1 aromatic rings. The summed E-state index contributed by atoms with van der Waals surface area (Å²) in [5.41, 5.74) is 5.58. The van der Waals surface area contributed by atoms with Crippen LogP contribution >= 0.6 is 12.4 Å². The van der Waals surface area contributed by atoms with E-state index in [9.17, 15) is 19.6 Å². The Balaban J connectivity index is 0.00000684. The molecule has 0 aliphatic carbocycles. The number of nitrogens with zero attached hydrogens (tertiary/aromatic N) is 1. The zero-order valence-corrected chi connectivity index (χ0v) is 23.4. The zero-order valence-electron chi connectivity index (χ0n) is 22.6. The smallest absolute Gasteiger partial charge is 0.247 e. The molecule has 0 unspecified atom stereocenters. The summed E-state index contributed by atoms with van der Waals surface area (Å²) in [6.45, 7) is 10.2. The molecule has 1 aromatic carbocycles. The highest BCUT2D eigenvalue weighted by atomic mass is 35.5. The van der Waals surface area contributed by atoms with E-state index in [1.165, 1.54) is 5.01 Å². The number of allylic oxidation sites excluding steroid dienone is 1. The van der Waals surface area contributed by atoms with Crippen LogP contribution in [0.1, 0.15) is 65.4 Å². The molecule has 1 fully saturated rings. The zero-order chi connectivity index (χ0) is 26.5. The van der Waals surface area contributed by atoms with Gasteiger partial charge in [0.25, 0.3) is 0 Å². The molecule has 37 heavy (non-hydrogen) atoms. The van der Waals surface area contributed by atoms with E-state index in [-0.39, 0.29) is 42.5 Å². The largest absolute Gasteiger partial charge is 0.317 e. The molecule has 0 radical (unpaired) electrons. The summed E-state index contributed by atoms with van der Waals surface area (Å²) in [6, 6.07) is 9.69. The quantitative estimate of drug-likeness (QED) is 0.236. The van der Waals surface area contributed by atoms with Crippen LogP contribution in [0.15, 0.2) is 36.4 Å². The number of carbonyl (C=O) groups is 3. The van der Waals surface area contributed by atoms with Gasteiger partial charge in [-0.1, -0.05) is 70.2 Å². The average molecular weight is 537 g/mol. The third-order valence-corrected chi connectivity index (χ3v) is 6.51. The van der Waals surface area contributed by atoms with E-state index in [2.05, 4.69) is 10.7 Å². The first kappa shape index (κ1) is 32.6. The van der Waals surface area contributed by atoms with Crippen molar-refractivity contribution in [1.82, 2.24) is 21.2 Å². The molecule has 1 saturated heterocycles. The molecule has 4 N–H and O–H groups in total. The number of carbonyl (C=O) groups excluding carboxylic acids is 3. The molecule has 8 nitrogen and oxygen atoms in total. The lowest BCUT2D eigenvalue weighted by Crippen LogP contribution is -2.52. The van der Waals surface area contributed by atoms with Gasteiger partial charge in [-0.25, -0.2) is 5.48 Å². The van der Waals surface area contributed by atoms with E-state index < -0.39 is 17.7 Å². The molecule has 0 aromatic heterocycles. The second-order valence-corrected chi connectivity index (χ2v) is 10.6. The fourth-order valence-electron chi connectivity index (χ4n) is 4.65. The van der Waals surface area contributed by atoms with Crippen molar-refractivity contribution in [3.8, 4) is 0 Å². The molecule has 208 valence electrons. The van der Waals surface area contributed by atoms with Crippen LogP contribution in [0, 0.1) is 29.6 Å². The molecule has 1 aliphatic rings. The first-order chi connectivity index (χ1) is 17.2. The number of halogens is 1. The predicted molar refractivity (Wildman–Crippen MR) is 149 cm³/mol. The van der Waals surface area contributed by atoms with Crippen LogP contribution in [0.2, 0.25) is 0 Å². The van der Waals surface area contributed by atoms with Crippen molar-refractivity contribution < 1.29 is 19.6 Å². The topological polar surface area (TPSA) is 111 Å². The van der Waals surface area contributed by atoms with Crippen molar-refractivity contribution in [1.29, 1.82) is 0 Å². The molecule has 2 rings (SSSR count). The van der Waals surface area contributed by atoms with E-state index in [0.29, 0.717) is 25.3 Å². The van der Waals surface area contributed by atoms with E-state index in [4.69, 9.17) is 0 Å². The average Bonchev–Trinajstić information content (AvgIpc) is 2.85. The second kappa shape index (κ2) is 17.2. The summed E-state index contributed by atoms with van der Waals surface area (Å²) in [6.07, 6.45) is 6.75. The van der Waals surface area contributed by atoms with Crippen LogP contribution in [-0.4, -0.2) is 47.6 Å². The fourth-order valence-corrected chi connectivity index (χ4v) is 4.65. The van der Waals surface area contributed by atoms with Gasteiger partial charge in [-0.15, -0.1) is 12.4 Å². The Morgan fingerprint density at radius 2 is 1.68 bits per heavy atom. The van der Waals surface area contributed by atoms with Crippen molar-refractivity contribution in [2.75, 3.05) is 19.6 Å². The normalized spacial score (nSPS) is 15.8. The lowest BCUT2D eigenvalue weighted by Gasteiger charge is -2.32. The monoisotopic (exact) mass is 536 g/mol. The third kappa shape index (κ3) is 11.7. The molecule has 0 saturated carbocycles. The molecule has 3 amide bonds. The molecule has 0 bridgehead atoms. The van der Waals surface area contributed by atoms with Crippen LogP contribution in [0.5, 0.6) is 0 Å². The number of hydrogen-bond acceptors (Lipinski definition) is 5. The van der Waals surface area contributed by atoms with E-state index >= 15 is 0 Å². The highest BCUT2D eigenvalue weighted by molar-refractivity contribution is 5.89. The molecular weight excluding hydrogens is 492 g/mol. The van der Waals surface area contributed by atoms with Crippen molar-refractivity contribution in [2.45, 2.75) is 59.8 Å². The number of rotatable bonds is 12. The van der Waals surface area contributed by atoms with Gasteiger partial charge in [0, 0.05) is 13.0 Å². The standard InChI is InChI=1S/C28H44N4O4.ClH/c1-20(2)17-25(24(28(35)31-36)12-8-11-22-9-6-5-7-10-22)27(34)30-32(19-21(3)4)26(33)18-23-13-15-29-16-14-23;/h5-11,20-21,23-25,29,36H,12-19H2,1-4H3,(H,30,34)(H,31,35);1H/b11-8+;/t24-,25+;/m0./s1. The van der Waals surface area contributed by atoms with Gasteiger partial charge in [-0.2, -0.15) is 0 Å².